The number of carbonyl (C=O) groups is 1. The highest BCUT2D eigenvalue weighted by Gasteiger charge is 2.06. The van der Waals surface area contributed by atoms with Crippen molar-refractivity contribution in [2.45, 2.75) is 20.3 Å². The monoisotopic (exact) mass is 295 g/mol. The third-order valence-corrected chi connectivity index (χ3v) is 2.89. The Morgan fingerprint density at radius 2 is 2.20 bits per heavy atom. The van der Waals surface area contributed by atoms with E-state index in [0.29, 0.717) is 36.9 Å². The van der Waals surface area contributed by atoms with Crippen molar-refractivity contribution in [1.82, 2.24) is 10.3 Å². The molecule has 0 spiro atoms. The Hall–Kier alpha value is -1.53. The summed E-state index contributed by atoms with van der Waals surface area (Å²) in [6, 6.07) is 3.28. The molecule has 0 aliphatic carbocycles. The highest BCUT2D eigenvalue weighted by Crippen LogP contribution is 2.00. The van der Waals surface area contributed by atoms with Gasteiger partial charge in [0.2, 0.25) is 0 Å². The van der Waals surface area contributed by atoms with Gasteiger partial charge in [0.1, 0.15) is 10.7 Å². The van der Waals surface area contributed by atoms with Gasteiger partial charge in [0.05, 0.1) is 6.61 Å². The molecule has 0 aliphatic rings. The number of ether oxygens (including phenoxy) is 1. The summed E-state index contributed by atoms with van der Waals surface area (Å²) in [4.78, 5) is 16.1. The lowest BCUT2D eigenvalue weighted by Gasteiger charge is -2.07. The van der Waals surface area contributed by atoms with Crippen LogP contribution < -0.4 is 11.1 Å². The van der Waals surface area contributed by atoms with Gasteiger partial charge in [-0.2, -0.15) is 0 Å². The molecule has 0 bridgehead atoms. The second-order valence-corrected chi connectivity index (χ2v) is 5.29. The van der Waals surface area contributed by atoms with Gasteiger partial charge in [0, 0.05) is 24.9 Å². The quantitative estimate of drug-likeness (QED) is 0.561. The third kappa shape index (κ3) is 6.08. The minimum absolute atomic E-state index is 0.230. The number of aromatic nitrogens is 1. The Labute approximate surface area is 124 Å². The molecular weight excluding hydrogens is 274 g/mol. The zero-order chi connectivity index (χ0) is 15.0. The lowest BCUT2D eigenvalue weighted by atomic mass is 10.1. The smallest absolute Gasteiger partial charge is 0.269 e. The molecule has 20 heavy (non-hydrogen) atoms. The predicted octanol–water partition coefficient (Wildman–Crippen LogP) is 1.51. The number of nitrogens with two attached hydrogens (primary N) is 1. The van der Waals surface area contributed by atoms with Crippen LogP contribution in [0, 0.1) is 5.92 Å². The van der Waals surface area contributed by atoms with E-state index in [1.54, 1.807) is 12.1 Å². The van der Waals surface area contributed by atoms with Crippen LogP contribution in [-0.2, 0) is 4.74 Å². The second kappa shape index (κ2) is 8.60. The van der Waals surface area contributed by atoms with Crippen LogP contribution >= 0.6 is 12.2 Å². The molecule has 1 aromatic heterocycles. The molecule has 110 valence electrons. The van der Waals surface area contributed by atoms with Crippen molar-refractivity contribution in [2.75, 3.05) is 19.8 Å². The van der Waals surface area contributed by atoms with E-state index in [0.717, 1.165) is 6.42 Å². The number of nitrogens with zero attached hydrogens (tertiary/aromatic N) is 1. The Balaban J connectivity index is 2.27. The zero-order valence-corrected chi connectivity index (χ0v) is 12.7. The summed E-state index contributed by atoms with van der Waals surface area (Å²) in [6.07, 6.45) is 2.52. The van der Waals surface area contributed by atoms with E-state index in [4.69, 9.17) is 22.7 Å². The average Bonchev–Trinajstić information content (AvgIpc) is 2.42. The standard InChI is InChI=1S/C14H21N3O2S/c1-10(2)5-7-19-8-6-16-14(18)12-4-3-11(9-17-12)13(15)20/h3-4,9-10H,5-8H2,1-2H3,(H2,15,20)(H,16,18). The summed E-state index contributed by atoms with van der Waals surface area (Å²) in [5, 5.41) is 2.75. The maximum absolute atomic E-state index is 11.8. The molecular formula is C14H21N3O2S. The van der Waals surface area contributed by atoms with Crippen molar-refractivity contribution in [1.29, 1.82) is 0 Å². The Kier molecular flexibility index (Phi) is 7.11. The zero-order valence-electron chi connectivity index (χ0n) is 11.9. The molecule has 1 heterocycles. The maximum atomic E-state index is 11.8. The molecule has 0 saturated carbocycles. The molecule has 6 heteroatoms. The number of pyridine rings is 1. The van der Waals surface area contributed by atoms with Crippen molar-refractivity contribution in [2.24, 2.45) is 11.7 Å². The van der Waals surface area contributed by atoms with Gasteiger partial charge in [0.25, 0.3) is 5.91 Å². The van der Waals surface area contributed by atoms with Gasteiger partial charge in [-0.25, -0.2) is 0 Å². The number of thiocarbonyl (C=S) groups is 1. The predicted molar refractivity (Wildman–Crippen MR) is 82.7 cm³/mol. The van der Waals surface area contributed by atoms with Gasteiger partial charge in [-0.15, -0.1) is 0 Å². The maximum Gasteiger partial charge on any atom is 0.269 e. The van der Waals surface area contributed by atoms with Gasteiger partial charge in [-0.1, -0.05) is 26.1 Å². The lowest BCUT2D eigenvalue weighted by Crippen LogP contribution is -2.28. The molecule has 5 nitrogen and oxygen atoms in total. The lowest BCUT2D eigenvalue weighted by molar-refractivity contribution is 0.0901. The number of carbonyl (C=O) groups excluding carboxylic acids is 1. The van der Waals surface area contributed by atoms with Crippen molar-refractivity contribution >= 4 is 23.1 Å². The van der Waals surface area contributed by atoms with Crippen LogP contribution in [0.25, 0.3) is 0 Å². The summed E-state index contributed by atoms with van der Waals surface area (Å²) in [7, 11) is 0. The van der Waals surface area contributed by atoms with E-state index in [2.05, 4.69) is 24.1 Å². The van der Waals surface area contributed by atoms with E-state index < -0.39 is 0 Å². The fourth-order valence-electron chi connectivity index (χ4n) is 1.42. The van der Waals surface area contributed by atoms with E-state index in [1.165, 1.54) is 6.20 Å². The average molecular weight is 295 g/mol. The van der Waals surface area contributed by atoms with Crippen LogP contribution in [0.1, 0.15) is 36.3 Å². The molecule has 0 aliphatic heterocycles. The van der Waals surface area contributed by atoms with Crippen LogP contribution in [0.15, 0.2) is 18.3 Å². The first-order valence-corrected chi connectivity index (χ1v) is 7.03. The molecule has 0 aromatic carbocycles. The molecule has 0 atom stereocenters. The number of hydrogen-bond donors (Lipinski definition) is 2. The van der Waals surface area contributed by atoms with Crippen LogP contribution in [0.2, 0.25) is 0 Å². The molecule has 1 aromatic rings. The van der Waals surface area contributed by atoms with Gasteiger partial charge in [-0.3, -0.25) is 9.78 Å². The molecule has 0 radical (unpaired) electrons. The minimum Gasteiger partial charge on any atom is -0.389 e. The van der Waals surface area contributed by atoms with Crippen molar-refractivity contribution in [3.05, 3.63) is 29.6 Å². The molecule has 1 amide bonds. The second-order valence-electron chi connectivity index (χ2n) is 4.85. The summed E-state index contributed by atoms with van der Waals surface area (Å²) in [5.41, 5.74) is 6.45. The normalized spacial score (nSPS) is 10.6. The first-order chi connectivity index (χ1) is 9.50. The highest BCUT2D eigenvalue weighted by molar-refractivity contribution is 7.80. The number of hydrogen-bond acceptors (Lipinski definition) is 4. The van der Waals surface area contributed by atoms with Gasteiger partial charge >= 0.3 is 0 Å². The largest absolute Gasteiger partial charge is 0.389 e. The van der Waals surface area contributed by atoms with Crippen molar-refractivity contribution in [3.8, 4) is 0 Å². The fourth-order valence-corrected chi connectivity index (χ4v) is 1.54. The van der Waals surface area contributed by atoms with Crippen LogP contribution in [0.3, 0.4) is 0 Å². The number of nitrogens with one attached hydrogen (secondary N) is 1. The first kappa shape index (κ1) is 16.5. The fraction of sp³-hybridized carbons (Fsp3) is 0.500. The summed E-state index contributed by atoms with van der Waals surface area (Å²) >= 11 is 4.82. The summed E-state index contributed by atoms with van der Waals surface area (Å²) < 4.78 is 5.41. The Bertz CT molecular complexity index is 446. The number of rotatable bonds is 8. The van der Waals surface area contributed by atoms with E-state index in [9.17, 15) is 4.79 Å². The molecule has 0 unspecified atom stereocenters. The minimum atomic E-state index is -0.230. The molecule has 0 fully saturated rings. The topological polar surface area (TPSA) is 77.2 Å². The van der Waals surface area contributed by atoms with Gasteiger partial charge < -0.3 is 15.8 Å². The first-order valence-electron chi connectivity index (χ1n) is 6.62. The third-order valence-electron chi connectivity index (χ3n) is 2.65. The van der Waals surface area contributed by atoms with Crippen LogP contribution in [-0.4, -0.2) is 35.6 Å². The van der Waals surface area contributed by atoms with Crippen molar-refractivity contribution < 1.29 is 9.53 Å². The van der Waals surface area contributed by atoms with E-state index in [-0.39, 0.29) is 10.9 Å². The Morgan fingerprint density at radius 1 is 1.45 bits per heavy atom. The van der Waals surface area contributed by atoms with E-state index >= 15 is 0 Å². The van der Waals surface area contributed by atoms with Crippen LogP contribution in [0.5, 0.6) is 0 Å². The van der Waals surface area contributed by atoms with Crippen molar-refractivity contribution in [3.63, 3.8) is 0 Å². The summed E-state index contributed by atoms with van der Waals surface area (Å²) in [6.45, 7) is 5.98. The van der Waals surface area contributed by atoms with Crippen LogP contribution in [0.4, 0.5) is 0 Å². The molecule has 0 saturated heterocycles. The highest BCUT2D eigenvalue weighted by atomic mass is 32.1. The summed E-state index contributed by atoms with van der Waals surface area (Å²) in [5.74, 6) is 0.396. The van der Waals surface area contributed by atoms with Gasteiger partial charge in [-0.05, 0) is 24.5 Å². The Morgan fingerprint density at radius 3 is 2.75 bits per heavy atom. The SMILES string of the molecule is CC(C)CCOCCNC(=O)c1ccc(C(N)=S)cn1. The number of amides is 1. The molecule has 3 N–H and O–H groups in total. The van der Waals surface area contributed by atoms with E-state index in [1.807, 2.05) is 0 Å². The molecule has 1 rings (SSSR count). The van der Waals surface area contributed by atoms with Gasteiger partial charge in [0.15, 0.2) is 0 Å².